The Morgan fingerprint density at radius 3 is 2.29 bits per heavy atom. The molecular weight excluding hydrogens is 388 g/mol. The van der Waals surface area contributed by atoms with E-state index in [-0.39, 0.29) is 24.1 Å². The Balaban J connectivity index is 1.49. The van der Waals surface area contributed by atoms with Crippen LogP contribution in [-0.4, -0.2) is 28.7 Å². The van der Waals surface area contributed by atoms with Crippen molar-refractivity contribution in [2.24, 2.45) is 5.92 Å². The minimum absolute atomic E-state index is 0.0306. The molecule has 6 nitrogen and oxygen atoms in total. The van der Waals surface area contributed by atoms with E-state index < -0.39 is 0 Å². The number of hydrogen-bond donors (Lipinski definition) is 1. The number of carbonyl (C=O) groups excluding carboxylic acids is 1. The van der Waals surface area contributed by atoms with E-state index in [0.29, 0.717) is 18.2 Å². The van der Waals surface area contributed by atoms with Crippen molar-refractivity contribution >= 4 is 17.7 Å². The summed E-state index contributed by atoms with van der Waals surface area (Å²) in [6, 6.07) is 17.0. The molecule has 4 rings (SSSR count). The predicted molar refractivity (Wildman–Crippen MR) is 123 cm³/mol. The van der Waals surface area contributed by atoms with E-state index in [2.05, 4.69) is 91.5 Å². The summed E-state index contributed by atoms with van der Waals surface area (Å²) >= 11 is 0. The highest BCUT2D eigenvalue weighted by atomic mass is 16.6. The van der Waals surface area contributed by atoms with E-state index in [1.807, 2.05) is 0 Å². The second-order valence-corrected chi connectivity index (χ2v) is 8.37. The Kier molecular flexibility index (Phi) is 5.89. The number of hydrogen-bond acceptors (Lipinski definition) is 5. The van der Waals surface area contributed by atoms with Gasteiger partial charge >= 0.3 is 6.09 Å². The molecule has 1 aliphatic rings. The van der Waals surface area contributed by atoms with Crippen LogP contribution in [0.5, 0.6) is 0 Å². The van der Waals surface area contributed by atoms with Gasteiger partial charge in [-0.15, -0.1) is 0 Å². The van der Waals surface area contributed by atoms with Crippen LogP contribution in [0, 0.1) is 12.8 Å². The van der Waals surface area contributed by atoms with E-state index in [9.17, 15) is 4.79 Å². The van der Waals surface area contributed by atoms with Crippen molar-refractivity contribution in [2.75, 3.05) is 16.8 Å². The molecule has 160 valence electrons. The number of anilines is 2. The fourth-order valence-electron chi connectivity index (χ4n) is 3.75. The van der Waals surface area contributed by atoms with Gasteiger partial charge < -0.3 is 10.1 Å². The van der Waals surface area contributed by atoms with Crippen molar-refractivity contribution in [3.8, 4) is 11.1 Å². The van der Waals surface area contributed by atoms with E-state index in [1.165, 1.54) is 16.7 Å². The molecule has 2 aromatic carbocycles. The van der Waals surface area contributed by atoms with E-state index in [1.54, 1.807) is 17.3 Å². The average molecular weight is 417 g/mol. The number of benzene rings is 2. The first-order valence-corrected chi connectivity index (χ1v) is 10.6. The van der Waals surface area contributed by atoms with Crippen LogP contribution < -0.4 is 10.2 Å². The molecule has 0 saturated carbocycles. The maximum absolute atomic E-state index is 12.2. The maximum atomic E-state index is 12.2. The molecule has 0 aliphatic carbocycles. The number of nitrogens with zero attached hydrogens (tertiary/aromatic N) is 3. The second-order valence-electron chi connectivity index (χ2n) is 8.37. The number of cyclic esters (lactones) is 1. The van der Waals surface area contributed by atoms with Gasteiger partial charge in [-0.3, -0.25) is 9.88 Å². The molecule has 1 aromatic heterocycles. The first-order valence-electron chi connectivity index (χ1n) is 10.6. The van der Waals surface area contributed by atoms with Crippen molar-refractivity contribution in [1.82, 2.24) is 9.97 Å². The highest BCUT2D eigenvalue weighted by Crippen LogP contribution is 2.27. The first-order chi connectivity index (χ1) is 14.9. The summed E-state index contributed by atoms with van der Waals surface area (Å²) < 4.78 is 5.24. The molecule has 6 heteroatoms. The van der Waals surface area contributed by atoms with Gasteiger partial charge in [-0.2, -0.15) is 0 Å². The highest BCUT2D eigenvalue weighted by molar-refractivity contribution is 5.89. The summed E-state index contributed by atoms with van der Waals surface area (Å²) in [5.41, 5.74) is 4.78. The molecule has 0 unspecified atom stereocenters. The first kappa shape index (κ1) is 20.8. The standard InChI is InChI=1S/C25H28N4O2/c1-16(2)22-15-31-25(30)29(22)24-14-26-13-23(28-24)27-18(4)19-9-11-21(12-10-19)20-7-5-17(3)6-8-20/h5-14,16,18,22H,15H2,1-4H3,(H,27,28)/t18-,22+/m0/s1. The molecule has 1 N–H and O–H groups in total. The predicted octanol–water partition coefficient (Wildman–Crippen LogP) is 5.61. The summed E-state index contributed by atoms with van der Waals surface area (Å²) in [6.07, 6.45) is 2.91. The minimum Gasteiger partial charge on any atom is -0.447 e. The number of aromatic nitrogens is 2. The van der Waals surface area contributed by atoms with Crippen LogP contribution >= 0.6 is 0 Å². The second kappa shape index (κ2) is 8.76. The smallest absolute Gasteiger partial charge is 0.415 e. The number of carbonyl (C=O) groups is 1. The van der Waals surface area contributed by atoms with Crippen LogP contribution in [0.15, 0.2) is 60.9 Å². The molecule has 0 radical (unpaired) electrons. The van der Waals surface area contributed by atoms with E-state index in [4.69, 9.17) is 4.74 Å². The van der Waals surface area contributed by atoms with Crippen LogP contribution in [0.3, 0.4) is 0 Å². The maximum Gasteiger partial charge on any atom is 0.415 e. The number of nitrogens with one attached hydrogen (secondary N) is 1. The Bertz CT molecular complexity index is 1050. The molecule has 31 heavy (non-hydrogen) atoms. The summed E-state index contributed by atoms with van der Waals surface area (Å²) in [7, 11) is 0. The van der Waals surface area contributed by atoms with Crippen molar-refractivity contribution in [1.29, 1.82) is 0 Å². The van der Waals surface area contributed by atoms with Gasteiger partial charge in [0.25, 0.3) is 0 Å². The third kappa shape index (κ3) is 4.53. The molecular formula is C25H28N4O2. The minimum atomic E-state index is -0.370. The Hall–Kier alpha value is -3.41. The quantitative estimate of drug-likeness (QED) is 0.566. The van der Waals surface area contributed by atoms with Gasteiger partial charge in [0, 0.05) is 6.04 Å². The van der Waals surface area contributed by atoms with Gasteiger partial charge in [0.2, 0.25) is 0 Å². The number of rotatable bonds is 6. The Morgan fingerprint density at radius 1 is 1.00 bits per heavy atom. The molecule has 1 aliphatic heterocycles. The fraction of sp³-hybridized carbons (Fsp3) is 0.320. The zero-order valence-corrected chi connectivity index (χ0v) is 18.4. The van der Waals surface area contributed by atoms with Crippen LogP contribution in [0.2, 0.25) is 0 Å². The van der Waals surface area contributed by atoms with Crippen molar-refractivity contribution in [3.05, 3.63) is 72.1 Å². The largest absolute Gasteiger partial charge is 0.447 e. The third-order valence-electron chi connectivity index (χ3n) is 5.70. The summed E-state index contributed by atoms with van der Waals surface area (Å²) in [5.74, 6) is 1.39. The Labute approximate surface area is 183 Å². The SMILES string of the molecule is Cc1ccc(-c2ccc([C@H](C)Nc3cncc(N4C(=O)OC[C@@H]4C(C)C)n3)cc2)cc1. The summed E-state index contributed by atoms with van der Waals surface area (Å²) in [5, 5.41) is 3.40. The molecule has 2 heterocycles. The van der Waals surface area contributed by atoms with Gasteiger partial charge in [0.15, 0.2) is 5.82 Å². The van der Waals surface area contributed by atoms with Crippen LogP contribution in [-0.2, 0) is 4.74 Å². The molecule has 3 aromatic rings. The molecule has 1 saturated heterocycles. The van der Waals surface area contributed by atoms with E-state index in [0.717, 1.165) is 5.56 Å². The van der Waals surface area contributed by atoms with Crippen molar-refractivity contribution < 1.29 is 9.53 Å². The zero-order chi connectivity index (χ0) is 22.0. The zero-order valence-electron chi connectivity index (χ0n) is 18.4. The van der Waals surface area contributed by atoms with Crippen LogP contribution in [0.4, 0.5) is 16.4 Å². The highest BCUT2D eigenvalue weighted by Gasteiger charge is 2.37. The van der Waals surface area contributed by atoms with Gasteiger partial charge in [-0.1, -0.05) is 67.9 Å². The van der Waals surface area contributed by atoms with E-state index >= 15 is 0 Å². The van der Waals surface area contributed by atoms with Crippen LogP contribution in [0.25, 0.3) is 11.1 Å². The topological polar surface area (TPSA) is 67.4 Å². The average Bonchev–Trinajstić information content (AvgIpc) is 3.16. The lowest BCUT2D eigenvalue weighted by Gasteiger charge is -2.23. The normalized spacial score (nSPS) is 17.0. The van der Waals surface area contributed by atoms with Gasteiger partial charge in [0.1, 0.15) is 12.4 Å². The molecule has 0 bridgehead atoms. The lowest BCUT2D eigenvalue weighted by atomic mass is 10.0. The van der Waals surface area contributed by atoms with Crippen molar-refractivity contribution in [3.63, 3.8) is 0 Å². The molecule has 1 amide bonds. The number of ether oxygens (including phenoxy) is 1. The summed E-state index contributed by atoms with van der Waals surface area (Å²) in [6.45, 7) is 8.68. The molecule has 0 spiro atoms. The third-order valence-corrected chi connectivity index (χ3v) is 5.70. The monoisotopic (exact) mass is 416 g/mol. The van der Waals surface area contributed by atoms with Crippen molar-refractivity contribution in [2.45, 2.75) is 39.8 Å². The fourth-order valence-corrected chi connectivity index (χ4v) is 3.75. The number of amides is 1. The van der Waals surface area contributed by atoms with Gasteiger partial charge in [0.05, 0.1) is 18.4 Å². The summed E-state index contributed by atoms with van der Waals surface area (Å²) in [4.78, 5) is 22.7. The Morgan fingerprint density at radius 2 is 1.65 bits per heavy atom. The lowest BCUT2D eigenvalue weighted by molar-refractivity contribution is 0.177. The molecule has 2 atom stereocenters. The van der Waals surface area contributed by atoms with Gasteiger partial charge in [-0.25, -0.2) is 9.78 Å². The van der Waals surface area contributed by atoms with Gasteiger partial charge in [-0.05, 0) is 36.5 Å². The lowest BCUT2D eigenvalue weighted by Crippen LogP contribution is -2.37. The number of aryl methyl sites for hydroxylation is 1. The van der Waals surface area contributed by atoms with Crippen LogP contribution in [0.1, 0.15) is 37.9 Å². The molecule has 1 fully saturated rings.